The highest BCUT2D eigenvalue weighted by molar-refractivity contribution is 5.34. The minimum atomic E-state index is -0.0783. The third-order valence-corrected chi connectivity index (χ3v) is 4.12. The summed E-state index contributed by atoms with van der Waals surface area (Å²) in [4.78, 5) is 1.31. The maximum Gasteiger partial charge on any atom is 0.257 e. The highest BCUT2D eigenvalue weighted by Gasteiger charge is 2.41. The molecule has 1 fully saturated rings. The van der Waals surface area contributed by atoms with E-state index in [1.807, 2.05) is 36.4 Å². The van der Waals surface area contributed by atoms with Crippen LogP contribution in [0, 0.1) is 11.8 Å². The highest BCUT2D eigenvalue weighted by atomic mass is 16.5. The molecule has 1 aliphatic heterocycles. The fourth-order valence-electron chi connectivity index (χ4n) is 2.68. The van der Waals surface area contributed by atoms with E-state index in [0.29, 0.717) is 6.04 Å². The lowest BCUT2D eigenvalue weighted by molar-refractivity contribution is -0.917. The molecule has 0 radical (unpaired) electrons. The zero-order valence-corrected chi connectivity index (χ0v) is 12.4. The summed E-state index contributed by atoms with van der Waals surface area (Å²) >= 11 is 0. The lowest BCUT2D eigenvalue weighted by Crippen LogP contribution is -3.14. The average Bonchev–Trinajstić information content (AvgIpc) is 2.83. The van der Waals surface area contributed by atoms with Crippen LogP contribution in [0.4, 0.5) is 0 Å². The number of benzene rings is 2. The van der Waals surface area contributed by atoms with Crippen molar-refractivity contribution in [2.24, 2.45) is 0 Å². The average molecular weight is 278 g/mol. The lowest BCUT2D eigenvalue weighted by Gasteiger charge is -2.15. The molecule has 2 nitrogen and oxygen atoms in total. The number of hydrogen-bond acceptors (Lipinski definition) is 1. The Balaban J connectivity index is 1.78. The van der Waals surface area contributed by atoms with Crippen molar-refractivity contribution in [1.29, 1.82) is 0 Å². The monoisotopic (exact) mass is 278 g/mol. The zero-order valence-electron chi connectivity index (χ0n) is 12.4. The predicted molar refractivity (Wildman–Crippen MR) is 83.7 cm³/mol. The molecule has 1 heterocycles. The van der Waals surface area contributed by atoms with Gasteiger partial charge < -0.3 is 4.74 Å². The van der Waals surface area contributed by atoms with Gasteiger partial charge in [0.25, 0.3) is 6.23 Å². The number of nitrogens with one attached hydrogen (secondary N) is 1. The third kappa shape index (κ3) is 3.00. The van der Waals surface area contributed by atoms with Gasteiger partial charge in [0.2, 0.25) is 0 Å². The van der Waals surface area contributed by atoms with Crippen LogP contribution in [-0.4, -0.2) is 19.3 Å². The summed E-state index contributed by atoms with van der Waals surface area (Å²) in [5, 5.41) is 0. The SMILES string of the molecule is C[C@@H]1[C@@H](c2ccccc2)O[C@@H](C#Cc2ccccc2)[NH+]1C. The van der Waals surface area contributed by atoms with Gasteiger partial charge in [-0.15, -0.1) is 0 Å². The Morgan fingerprint density at radius 3 is 2.24 bits per heavy atom. The predicted octanol–water partition coefficient (Wildman–Crippen LogP) is 2.04. The first-order valence-electron chi connectivity index (χ1n) is 7.36. The summed E-state index contributed by atoms with van der Waals surface area (Å²) in [7, 11) is 2.15. The minimum absolute atomic E-state index is 0.0783. The molecule has 2 aromatic rings. The van der Waals surface area contributed by atoms with Gasteiger partial charge >= 0.3 is 0 Å². The second-order valence-corrected chi connectivity index (χ2v) is 5.52. The van der Waals surface area contributed by atoms with Crippen molar-refractivity contribution in [2.75, 3.05) is 7.05 Å². The number of hydrogen-bond donors (Lipinski definition) is 1. The molecular formula is C19H20NO+. The molecule has 0 bridgehead atoms. The standard InChI is InChI=1S/C19H19NO/c1-15-19(17-11-7-4-8-12-17)21-18(20(15)2)14-13-16-9-5-3-6-10-16/h3-12,15,18-19H,1-2H3/p+1/t15-,18+,19+/m1/s1. The second-order valence-electron chi connectivity index (χ2n) is 5.52. The van der Waals surface area contributed by atoms with Gasteiger partial charge in [0.1, 0.15) is 12.1 Å². The topological polar surface area (TPSA) is 13.7 Å². The summed E-state index contributed by atoms with van der Waals surface area (Å²) in [5.74, 6) is 6.48. The summed E-state index contributed by atoms with van der Waals surface area (Å²) in [6, 6.07) is 20.9. The quantitative estimate of drug-likeness (QED) is 0.788. The molecule has 0 saturated carbocycles. The van der Waals surface area contributed by atoms with Crippen LogP contribution in [0.3, 0.4) is 0 Å². The van der Waals surface area contributed by atoms with Crippen LogP contribution >= 0.6 is 0 Å². The van der Waals surface area contributed by atoms with Crippen molar-refractivity contribution in [1.82, 2.24) is 0 Å². The number of quaternary nitrogens is 1. The summed E-state index contributed by atoms with van der Waals surface area (Å²) in [6.07, 6.45) is 0.0340. The Labute approximate surface area is 126 Å². The number of likely N-dealkylation sites (N-methyl/N-ethyl adjacent to an activating group) is 1. The number of ether oxygens (including phenoxy) is 1. The smallest absolute Gasteiger partial charge is 0.257 e. The Morgan fingerprint density at radius 1 is 0.952 bits per heavy atom. The molecule has 3 rings (SSSR count). The van der Waals surface area contributed by atoms with Gasteiger partial charge in [-0.3, -0.25) is 4.90 Å². The molecule has 1 aliphatic rings. The fraction of sp³-hybridized carbons (Fsp3) is 0.263. The van der Waals surface area contributed by atoms with Crippen molar-refractivity contribution in [3.63, 3.8) is 0 Å². The third-order valence-electron chi connectivity index (χ3n) is 4.12. The van der Waals surface area contributed by atoms with Crippen molar-refractivity contribution in [3.8, 4) is 11.8 Å². The normalized spacial score (nSPS) is 27.9. The van der Waals surface area contributed by atoms with Crippen LogP contribution in [0.5, 0.6) is 0 Å². The first-order chi connectivity index (χ1) is 10.3. The maximum atomic E-state index is 6.18. The molecule has 0 aliphatic carbocycles. The summed E-state index contributed by atoms with van der Waals surface area (Å²) < 4.78 is 6.18. The second kappa shape index (κ2) is 6.13. The molecule has 106 valence electrons. The van der Waals surface area contributed by atoms with E-state index in [-0.39, 0.29) is 12.3 Å². The van der Waals surface area contributed by atoms with Crippen molar-refractivity contribution < 1.29 is 9.64 Å². The molecule has 1 unspecified atom stereocenters. The largest absolute Gasteiger partial charge is 0.304 e. The maximum absolute atomic E-state index is 6.18. The van der Waals surface area contributed by atoms with E-state index < -0.39 is 0 Å². The Hall–Kier alpha value is -2.08. The van der Waals surface area contributed by atoms with Crippen molar-refractivity contribution >= 4 is 0 Å². The minimum Gasteiger partial charge on any atom is -0.304 e. The van der Waals surface area contributed by atoms with E-state index >= 15 is 0 Å². The molecule has 21 heavy (non-hydrogen) atoms. The molecule has 2 aromatic carbocycles. The van der Waals surface area contributed by atoms with E-state index in [9.17, 15) is 0 Å². The van der Waals surface area contributed by atoms with Crippen molar-refractivity contribution in [3.05, 3.63) is 71.8 Å². The highest BCUT2D eigenvalue weighted by Crippen LogP contribution is 2.24. The van der Waals surface area contributed by atoms with E-state index in [1.54, 1.807) is 0 Å². The van der Waals surface area contributed by atoms with E-state index in [1.165, 1.54) is 10.5 Å². The van der Waals surface area contributed by atoms with Crippen LogP contribution in [0.1, 0.15) is 24.2 Å². The molecular weight excluding hydrogens is 258 g/mol. The van der Waals surface area contributed by atoms with Crippen LogP contribution in [-0.2, 0) is 4.74 Å². The van der Waals surface area contributed by atoms with Gasteiger partial charge in [-0.2, -0.15) is 0 Å². The Bertz CT molecular complexity index is 642. The van der Waals surface area contributed by atoms with Crippen molar-refractivity contribution in [2.45, 2.75) is 25.3 Å². The van der Waals surface area contributed by atoms with Gasteiger partial charge in [0.15, 0.2) is 0 Å². The van der Waals surface area contributed by atoms with Crippen LogP contribution in [0.25, 0.3) is 0 Å². The molecule has 2 heteroatoms. The van der Waals surface area contributed by atoms with Gasteiger partial charge in [0, 0.05) is 5.56 Å². The van der Waals surface area contributed by atoms with Crippen LogP contribution in [0.2, 0.25) is 0 Å². The van der Waals surface area contributed by atoms with Gasteiger partial charge in [-0.25, -0.2) is 0 Å². The first-order valence-corrected chi connectivity index (χ1v) is 7.36. The van der Waals surface area contributed by atoms with Gasteiger partial charge in [-0.1, -0.05) is 54.5 Å². The van der Waals surface area contributed by atoms with E-state index in [2.05, 4.69) is 50.1 Å². The molecule has 1 saturated heterocycles. The van der Waals surface area contributed by atoms with E-state index in [0.717, 1.165) is 5.56 Å². The molecule has 0 amide bonds. The number of rotatable bonds is 1. The Morgan fingerprint density at radius 2 is 1.57 bits per heavy atom. The molecule has 0 aromatic heterocycles. The molecule has 1 N–H and O–H groups in total. The van der Waals surface area contributed by atoms with Crippen LogP contribution in [0.15, 0.2) is 60.7 Å². The molecule has 4 atom stereocenters. The van der Waals surface area contributed by atoms with Crippen LogP contribution < -0.4 is 4.90 Å². The first kappa shape index (κ1) is 13.9. The lowest BCUT2D eigenvalue weighted by atomic mass is 10.0. The molecule has 0 spiro atoms. The van der Waals surface area contributed by atoms with Gasteiger partial charge in [0.05, 0.1) is 7.05 Å². The van der Waals surface area contributed by atoms with Gasteiger partial charge in [-0.05, 0) is 30.5 Å². The zero-order chi connectivity index (χ0) is 14.7. The van der Waals surface area contributed by atoms with E-state index in [4.69, 9.17) is 4.74 Å². The fourth-order valence-corrected chi connectivity index (χ4v) is 2.68. The summed E-state index contributed by atoms with van der Waals surface area (Å²) in [5.41, 5.74) is 2.26. The Kier molecular flexibility index (Phi) is 4.06. The summed E-state index contributed by atoms with van der Waals surface area (Å²) in [6.45, 7) is 2.22.